The number of fused-ring (bicyclic) bond motifs is 1. The van der Waals surface area contributed by atoms with Crippen molar-refractivity contribution in [2.75, 3.05) is 0 Å². The fourth-order valence-corrected chi connectivity index (χ4v) is 2.79. The van der Waals surface area contributed by atoms with E-state index in [0.29, 0.717) is 6.33 Å². The molecule has 0 aliphatic carbocycles. The summed E-state index contributed by atoms with van der Waals surface area (Å²) in [5, 5.41) is 2.05. The third-order valence-electron chi connectivity index (χ3n) is 3.58. The molecule has 2 aromatic carbocycles. The standard InChI is InChI=1S/C19H16FN/c1-13-10-14(2)12-16(11-13)19-18-5-3-4-15(6-8-20)17(18)7-9-21-19/h3-12H,1-2H3/b8-6+. The number of halogens is 1. The van der Waals surface area contributed by atoms with E-state index in [2.05, 4.69) is 37.0 Å². The van der Waals surface area contributed by atoms with Gasteiger partial charge < -0.3 is 0 Å². The van der Waals surface area contributed by atoms with Crippen LogP contribution in [0.25, 0.3) is 28.1 Å². The van der Waals surface area contributed by atoms with Gasteiger partial charge in [-0.15, -0.1) is 0 Å². The molecule has 0 saturated carbocycles. The Bertz CT molecular complexity index is 814. The summed E-state index contributed by atoms with van der Waals surface area (Å²) in [5.74, 6) is 0. The minimum absolute atomic E-state index is 0.575. The predicted molar refractivity (Wildman–Crippen MR) is 86.8 cm³/mol. The van der Waals surface area contributed by atoms with Crippen LogP contribution < -0.4 is 0 Å². The number of aromatic nitrogens is 1. The molecule has 0 radical (unpaired) electrons. The number of nitrogens with zero attached hydrogens (tertiary/aromatic N) is 1. The number of hydrogen-bond donors (Lipinski definition) is 0. The summed E-state index contributed by atoms with van der Waals surface area (Å²) < 4.78 is 12.5. The molecule has 1 aromatic heterocycles. The van der Waals surface area contributed by atoms with Gasteiger partial charge in [-0.25, -0.2) is 4.39 Å². The van der Waals surface area contributed by atoms with Crippen molar-refractivity contribution in [1.29, 1.82) is 0 Å². The number of aryl methyl sites for hydroxylation is 2. The van der Waals surface area contributed by atoms with Gasteiger partial charge in [0.2, 0.25) is 0 Å². The zero-order valence-corrected chi connectivity index (χ0v) is 12.1. The van der Waals surface area contributed by atoms with E-state index >= 15 is 0 Å². The summed E-state index contributed by atoms with van der Waals surface area (Å²) in [7, 11) is 0. The molecule has 0 spiro atoms. The van der Waals surface area contributed by atoms with Crippen LogP contribution in [-0.4, -0.2) is 4.98 Å². The van der Waals surface area contributed by atoms with Crippen molar-refractivity contribution in [3.63, 3.8) is 0 Å². The second-order valence-corrected chi connectivity index (χ2v) is 5.27. The highest BCUT2D eigenvalue weighted by Crippen LogP contribution is 2.30. The summed E-state index contributed by atoms with van der Waals surface area (Å²) in [6.45, 7) is 4.16. The van der Waals surface area contributed by atoms with Crippen LogP contribution in [-0.2, 0) is 0 Å². The average Bonchev–Trinajstić information content (AvgIpc) is 2.46. The largest absolute Gasteiger partial charge is 0.256 e. The van der Waals surface area contributed by atoms with Crippen LogP contribution in [0.5, 0.6) is 0 Å². The first-order valence-corrected chi connectivity index (χ1v) is 6.92. The molecule has 0 atom stereocenters. The van der Waals surface area contributed by atoms with Crippen LogP contribution >= 0.6 is 0 Å². The van der Waals surface area contributed by atoms with Crippen molar-refractivity contribution >= 4 is 16.8 Å². The third-order valence-corrected chi connectivity index (χ3v) is 3.58. The summed E-state index contributed by atoms with van der Waals surface area (Å²) in [6, 6.07) is 14.2. The molecule has 0 saturated heterocycles. The first kappa shape index (κ1) is 13.5. The number of hydrogen-bond acceptors (Lipinski definition) is 1. The Morgan fingerprint density at radius 2 is 1.71 bits per heavy atom. The van der Waals surface area contributed by atoms with Gasteiger partial charge in [0.25, 0.3) is 0 Å². The summed E-state index contributed by atoms with van der Waals surface area (Å²) in [5.41, 5.74) is 5.32. The quantitative estimate of drug-likeness (QED) is 0.606. The molecule has 0 aliphatic heterocycles. The number of pyridine rings is 1. The minimum atomic E-state index is 0.575. The lowest BCUT2D eigenvalue weighted by atomic mass is 9.98. The second kappa shape index (κ2) is 5.49. The van der Waals surface area contributed by atoms with Crippen LogP contribution in [0.4, 0.5) is 4.39 Å². The highest BCUT2D eigenvalue weighted by atomic mass is 19.1. The zero-order valence-electron chi connectivity index (χ0n) is 12.1. The Morgan fingerprint density at radius 1 is 0.952 bits per heavy atom. The van der Waals surface area contributed by atoms with Gasteiger partial charge in [-0.2, -0.15) is 0 Å². The van der Waals surface area contributed by atoms with Crippen molar-refractivity contribution in [3.8, 4) is 11.3 Å². The van der Waals surface area contributed by atoms with Gasteiger partial charge in [-0.3, -0.25) is 4.98 Å². The fraction of sp³-hybridized carbons (Fsp3) is 0.105. The van der Waals surface area contributed by atoms with Crippen LogP contribution in [0.15, 0.2) is 55.0 Å². The Labute approximate surface area is 123 Å². The molecular weight excluding hydrogens is 261 g/mol. The molecule has 2 heteroatoms. The second-order valence-electron chi connectivity index (χ2n) is 5.27. The Hall–Kier alpha value is -2.48. The molecule has 3 rings (SSSR count). The maximum Gasteiger partial charge on any atom is 0.0873 e. The van der Waals surface area contributed by atoms with Gasteiger partial charge >= 0.3 is 0 Å². The summed E-state index contributed by atoms with van der Waals surface area (Å²) in [6.07, 6.45) is 3.84. The molecule has 0 aliphatic rings. The van der Waals surface area contributed by atoms with Crippen LogP contribution in [0.1, 0.15) is 16.7 Å². The molecule has 0 bridgehead atoms. The number of rotatable bonds is 2. The van der Waals surface area contributed by atoms with Crippen molar-refractivity contribution < 1.29 is 4.39 Å². The Morgan fingerprint density at radius 3 is 2.43 bits per heavy atom. The fourth-order valence-electron chi connectivity index (χ4n) is 2.79. The minimum Gasteiger partial charge on any atom is -0.256 e. The Balaban J connectivity index is 2.31. The van der Waals surface area contributed by atoms with E-state index < -0.39 is 0 Å². The molecule has 1 nitrogen and oxygen atoms in total. The van der Waals surface area contributed by atoms with Gasteiger partial charge in [0.15, 0.2) is 0 Å². The highest BCUT2D eigenvalue weighted by Gasteiger charge is 2.08. The van der Waals surface area contributed by atoms with Gasteiger partial charge in [-0.1, -0.05) is 35.4 Å². The average molecular weight is 277 g/mol. The lowest BCUT2D eigenvalue weighted by Crippen LogP contribution is -1.89. The van der Waals surface area contributed by atoms with E-state index in [-0.39, 0.29) is 0 Å². The maximum absolute atomic E-state index is 12.5. The first-order valence-electron chi connectivity index (χ1n) is 6.92. The van der Waals surface area contributed by atoms with Gasteiger partial charge in [0.05, 0.1) is 12.0 Å². The van der Waals surface area contributed by atoms with E-state index in [1.165, 1.54) is 17.2 Å². The maximum atomic E-state index is 12.5. The van der Waals surface area contributed by atoms with Crippen LogP contribution in [0, 0.1) is 13.8 Å². The van der Waals surface area contributed by atoms with E-state index in [4.69, 9.17) is 0 Å². The summed E-state index contributed by atoms with van der Waals surface area (Å²) in [4.78, 5) is 4.54. The molecule has 0 amide bonds. The molecule has 3 aromatic rings. The molecule has 104 valence electrons. The molecule has 1 heterocycles. The monoisotopic (exact) mass is 277 g/mol. The predicted octanol–water partition coefficient (Wildman–Crippen LogP) is 5.46. The zero-order chi connectivity index (χ0) is 14.8. The topological polar surface area (TPSA) is 12.9 Å². The van der Waals surface area contributed by atoms with E-state index in [9.17, 15) is 4.39 Å². The highest BCUT2D eigenvalue weighted by molar-refractivity contribution is 5.99. The van der Waals surface area contributed by atoms with Crippen molar-refractivity contribution in [3.05, 3.63) is 71.7 Å². The summed E-state index contributed by atoms with van der Waals surface area (Å²) >= 11 is 0. The lowest BCUT2D eigenvalue weighted by molar-refractivity contribution is 0.727. The van der Waals surface area contributed by atoms with Gasteiger partial charge in [-0.05, 0) is 49.1 Å². The molecular formula is C19H16FN. The van der Waals surface area contributed by atoms with E-state index in [0.717, 1.165) is 27.6 Å². The molecule has 21 heavy (non-hydrogen) atoms. The SMILES string of the molecule is Cc1cc(C)cc(-c2nccc3c(/C=C/F)cccc23)c1. The smallest absolute Gasteiger partial charge is 0.0873 e. The Kier molecular flexibility index (Phi) is 3.53. The first-order chi connectivity index (χ1) is 10.2. The van der Waals surface area contributed by atoms with Crippen LogP contribution in [0.3, 0.4) is 0 Å². The lowest BCUT2D eigenvalue weighted by Gasteiger charge is -2.09. The molecule has 0 fully saturated rings. The van der Waals surface area contributed by atoms with Gasteiger partial charge in [0, 0.05) is 17.1 Å². The van der Waals surface area contributed by atoms with Crippen molar-refractivity contribution in [2.24, 2.45) is 0 Å². The molecule has 0 unspecified atom stereocenters. The third kappa shape index (κ3) is 2.57. The van der Waals surface area contributed by atoms with Crippen molar-refractivity contribution in [1.82, 2.24) is 4.98 Å². The number of benzene rings is 2. The van der Waals surface area contributed by atoms with Crippen molar-refractivity contribution in [2.45, 2.75) is 13.8 Å². The van der Waals surface area contributed by atoms with Crippen LogP contribution in [0.2, 0.25) is 0 Å². The normalized spacial score (nSPS) is 11.4. The van der Waals surface area contributed by atoms with E-state index in [1.54, 1.807) is 6.20 Å². The van der Waals surface area contributed by atoms with E-state index in [1.807, 2.05) is 24.3 Å². The van der Waals surface area contributed by atoms with Gasteiger partial charge in [0.1, 0.15) is 0 Å². The molecule has 0 N–H and O–H groups in total.